The lowest BCUT2D eigenvalue weighted by atomic mass is 9.96. The zero-order valence-corrected chi connectivity index (χ0v) is 23.0. The van der Waals surface area contributed by atoms with Crippen LogP contribution in [-0.2, 0) is 33.4 Å². The third-order valence-corrected chi connectivity index (χ3v) is 10.1. The minimum Gasteiger partial charge on any atom is -0.484 e. The van der Waals surface area contributed by atoms with Crippen molar-refractivity contribution in [3.63, 3.8) is 0 Å². The van der Waals surface area contributed by atoms with Gasteiger partial charge < -0.3 is 29.3 Å². The molecule has 0 bridgehead atoms. The number of carbonyl (C=O) groups excluding carboxylic acids is 5. The van der Waals surface area contributed by atoms with E-state index in [4.69, 9.17) is 14.2 Å². The van der Waals surface area contributed by atoms with E-state index in [0.29, 0.717) is 12.2 Å². The van der Waals surface area contributed by atoms with Gasteiger partial charge in [0.05, 0.1) is 11.8 Å². The van der Waals surface area contributed by atoms with Crippen molar-refractivity contribution < 1.29 is 38.2 Å². The molecule has 11 nitrogen and oxygen atoms in total. The Balaban J connectivity index is 1.13. The number of ether oxygens (including phenoxy) is 3. The first-order valence-corrected chi connectivity index (χ1v) is 14.0. The van der Waals surface area contributed by atoms with Crippen molar-refractivity contribution in [2.45, 2.75) is 72.5 Å². The van der Waals surface area contributed by atoms with Crippen molar-refractivity contribution >= 4 is 53.2 Å². The second-order valence-corrected chi connectivity index (χ2v) is 14.1. The van der Waals surface area contributed by atoms with E-state index in [1.165, 1.54) is 21.6 Å². The van der Waals surface area contributed by atoms with Gasteiger partial charge in [0.15, 0.2) is 6.61 Å². The van der Waals surface area contributed by atoms with Gasteiger partial charge in [0.2, 0.25) is 18.6 Å². The summed E-state index contributed by atoms with van der Waals surface area (Å²) in [6, 6.07) is 6.39. The second-order valence-electron chi connectivity index (χ2n) is 10.5. The second kappa shape index (κ2) is 9.67. The Morgan fingerprint density at radius 3 is 2.18 bits per heavy atom. The molecule has 0 unspecified atom stereocenters. The number of esters is 2. The first kappa shape index (κ1) is 26.7. The van der Waals surface area contributed by atoms with Crippen LogP contribution in [0.25, 0.3) is 0 Å². The molecule has 204 valence electrons. The van der Waals surface area contributed by atoms with Crippen molar-refractivity contribution in [3.8, 4) is 5.75 Å². The molecule has 5 rings (SSSR count). The van der Waals surface area contributed by atoms with Crippen molar-refractivity contribution in [2.75, 3.05) is 13.4 Å². The largest absolute Gasteiger partial charge is 0.484 e. The molecule has 4 fully saturated rings. The third-order valence-electron chi connectivity index (χ3n) is 7.04. The quantitative estimate of drug-likeness (QED) is 0.279. The predicted molar refractivity (Wildman–Crippen MR) is 138 cm³/mol. The van der Waals surface area contributed by atoms with Crippen LogP contribution in [0.4, 0.5) is 0 Å². The van der Waals surface area contributed by atoms with Crippen LogP contribution in [-0.4, -0.2) is 91.2 Å². The van der Waals surface area contributed by atoms with Gasteiger partial charge in [-0.2, -0.15) is 0 Å². The fourth-order valence-corrected chi connectivity index (χ4v) is 8.51. The highest BCUT2D eigenvalue weighted by atomic mass is 32.2. The summed E-state index contributed by atoms with van der Waals surface area (Å²) in [5, 5.41) is 2.21. The van der Waals surface area contributed by atoms with Gasteiger partial charge in [0.1, 0.15) is 29.2 Å². The Hall–Kier alpha value is -2.93. The van der Waals surface area contributed by atoms with E-state index in [2.05, 4.69) is 5.32 Å². The van der Waals surface area contributed by atoms with Crippen molar-refractivity contribution in [2.24, 2.45) is 0 Å². The SMILES string of the molecule is CC1(C)S[C@@H]2[C@H](NC(=O)COc3ccccc3)C(=O)N2[C@H]1C(=O)OCOC(=O)[C@@H]1N2C(=O)C[C@H]2SC1(C)C. The summed E-state index contributed by atoms with van der Waals surface area (Å²) in [5.41, 5.74) is 0. The molecule has 4 aliphatic rings. The number of nitrogens with zero attached hydrogens (tertiary/aromatic N) is 2. The van der Waals surface area contributed by atoms with Crippen LogP contribution in [0.2, 0.25) is 0 Å². The third kappa shape index (κ3) is 4.59. The first-order valence-electron chi connectivity index (χ1n) is 12.2. The minimum absolute atomic E-state index is 0.0402. The summed E-state index contributed by atoms with van der Waals surface area (Å²) in [6.07, 6.45) is 0.397. The molecular formula is C25H29N3O8S2. The molecule has 38 heavy (non-hydrogen) atoms. The molecule has 0 saturated carbocycles. The number of nitrogens with one attached hydrogen (secondary N) is 1. The zero-order valence-electron chi connectivity index (χ0n) is 21.4. The van der Waals surface area contributed by atoms with E-state index in [1.54, 1.807) is 36.0 Å². The monoisotopic (exact) mass is 563 g/mol. The maximum absolute atomic E-state index is 13.0. The molecule has 1 aromatic carbocycles. The number of amides is 3. The summed E-state index contributed by atoms with van der Waals surface area (Å²) in [6.45, 7) is 6.50. The molecule has 4 saturated heterocycles. The van der Waals surface area contributed by atoms with E-state index in [-0.39, 0.29) is 17.9 Å². The van der Waals surface area contributed by atoms with Gasteiger partial charge in [0, 0.05) is 9.49 Å². The number of β-lactam (4-membered cyclic amide) rings is 2. The molecule has 0 spiro atoms. The van der Waals surface area contributed by atoms with Gasteiger partial charge in [-0.15, -0.1) is 23.5 Å². The number of benzene rings is 1. The number of rotatable bonds is 8. The van der Waals surface area contributed by atoms with E-state index in [0.717, 1.165) is 0 Å². The number of fused-ring (bicyclic) bond motifs is 2. The first-order chi connectivity index (χ1) is 17.9. The molecule has 0 aliphatic carbocycles. The van der Waals surface area contributed by atoms with Crippen molar-refractivity contribution in [1.29, 1.82) is 0 Å². The van der Waals surface area contributed by atoms with Crippen molar-refractivity contribution in [3.05, 3.63) is 30.3 Å². The van der Waals surface area contributed by atoms with Gasteiger partial charge in [-0.25, -0.2) is 9.59 Å². The fourth-order valence-electron chi connectivity index (χ4n) is 5.27. The van der Waals surface area contributed by atoms with Crippen LogP contribution in [0.5, 0.6) is 5.75 Å². The Labute approximate surface area is 228 Å². The molecule has 0 aromatic heterocycles. The van der Waals surface area contributed by atoms with Crippen LogP contribution in [0.15, 0.2) is 30.3 Å². The Kier molecular flexibility index (Phi) is 6.79. The minimum atomic E-state index is -0.919. The molecule has 1 aromatic rings. The van der Waals surface area contributed by atoms with E-state index < -0.39 is 63.5 Å². The number of hydrogen-bond donors (Lipinski definition) is 1. The maximum Gasteiger partial charge on any atom is 0.333 e. The lowest BCUT2D eigenvalue weighted by Crippen LogP contribution is -2.71. The van der Waals surface area contributed by atoms with Crippen LogP contribution < -0.4 is 10.1 Å². The standard InChI is InChI=1S/C25H29N3O8S2/c1-24(2)18(27-15(30)10-16(27)37-24)22(32)35-12-36-23(33)19-25(3,4)38-21-17(20(31)28(19)21)26-14(29)11-34-13-8-6-5-7-9-13/h5-9,16-19,21H,10-12H2,1-4H3,(H,26,29)/t16-,17-,18+,19+,21-/m1/s1. The van der Waals surface area contributed by atoms with E-state index in [1.807, 2.05) is 33.8 Å². The lowest BCUT2D eigenvalue weighted by Gasteiger charge is -2.43. The van der Waals surface area contributed by atoms with E-state index in [9.17, 15) is 24.0 Å². The lowest BCUT2D eigenvalue weighted by molar-refractivity contribution is -0.181. The Morgan fingerprint density at radius 1 is 0.947 bits per heavy atom. The van der Waals surface area contributed by atoms with E-state index >= 15 is 0 Å². The average molecular weight is 564 g/mol. The summed E-state index contributed by atoms with van der Waals surface area (Å²) in [5.74, 6) is -1.75. The molecule has 4 heterocycles. The van der Waals surface area contributed by atoms with Crippen LogP contribution in [0.3, 0.4) is 0 Å². The summed E-state index contributed by atoms with van der Waals surface area (Å²) in [4.78, 5) is 66.0. The highest BCUT2D eigenvalue weighted by molar-refractivity contribution is 8.02. The van der Waals surface area contributed by atoms with Crippen LogP contribution >= 0.6 is 23.5 Å². The number of thioether (sulfide) groups is 2. The molecule has 13 heteroatoms. The summed E-state index contributed by atoms with van der Waals surface area (Å²) >= 11 is 2.93. The predicted octanol–water partition coefficient (Wildman–Crippen LogP) is 1.11. The Morgan fingerprint density at radius 2 is 1.55 bits per heavy atom. The topological polar surface area (TPSA) is 132 Å². The normalized spacial score (nSPS) is 29.9. The van der Waals surface area contributed by atoms with Crippen LogP contribution in [0, 0.1) is 0 Å². The number of hydrogen-bond acceptors (Lipinski definition) is 10. The summed E-state index contributed by atoms with van der Waals surface area (Å²) < 4.78 is 14.7. The molecule has 3 amide bonds. The molecule has 5 atom stereocenters. The summed E-state index contributed by atoms with van der Waals surface area (Å²) in [7, 11) is 0. The highest BCUT2D eigenvalue weighted by Crippen LogP contribution is 2.52. The maximum atomic E-state index is 13.0. The highest BCUT2D eigenvalue weighted by Gasteiger charge is 2.64. The molecule has 0 radical (unpaired) electrons. The number of carbonyl (C=O) groups is 5. The van der Waals surface area contributed by atoms with Gasteiger partial charge in [-0.1, -0.05) is 18.2 Å². The van der Waals surface area contributed by atoms with Gasteiger partial charge in [-0.05, 0) is 39.8 Å². The zero-order chi connectivity index (χ0) is 27.4. The smallest absolute Gasteiger partial charge is 0.333 e. The molecular weight excluding hydrogens is 534 g/mol. The Bertz CT molecular complexity index is 1180. The average Bonchev–Trinajstić information content (AvgIpc) is 3.24. The van der Waals surface area contributed by atoms with Gasteiger partial charge in [-0.3, -0.25) is 14.4 Å². The van der Waals surface area contributed by atoms with Crippen LogP contribution in [0.1, 0.15) is 34.1 Å². The fraction of sp³-hybridized carbons (Fsp3) is 0.560. The van der Waals surface area contributed by atoms with Crippen molar-refractivity contribution in [1.82, 2.24) is 15.1 Å². The van der Waals surface area contributed by atoms with Gasteiger partial charge in [0.25, 0.3) is 5.91 Å². The van der Waals surface area contributed by atoms with Gasteiger partial charge >= 0.3 is 11.9 Å². The molecule has 1 N–H and O–H groups in total. The molecule has 4 aliphatic heterocycles. The number of para-hydroxylation sites is 1.